The Labute approximate surface area is 113 Å². The lowest BCUT2D eigenvalue weighted by atomic mass is 10.1. The Kier molecular flexibility index (Phi) is 3.06. The molecule has 1 aromatic heterocycles. The molecule has 0 aliphatic carbocycles. The van der Waals surface area contributed by atoms with E-state index in [9.17, 15) is 13.2 Å². The van der Waals surface area contributed by atoms with E-state index in [4.69, 9.17) is 4.42 Å². The lowest BCUT2D eigenvalue weighted by molar-refractivity contribution is 0.549. The van der Waals surface area contributed by atoms with Gasteiger partial charge in [0, 0.05) is 5.56 Å². The topological polar surface area (TPSA) is 13.1 Å². The smallest absolute Gasteiger partial charge is 0.177 e. The largest absolute Gasteiger partial charge is 0.460 e. The van der Waals surface area contributed by atoms with Gasteiger partial charge in [-0.25, -0.2) is 13.2 Å². The van der Waals surface area contributed by atoms with Gasteiger partial charge in [-0.1, -0.05) is 12.1 Å². The van der Waals surface area contributed by atoms with E-state index < -0.39 is 17.5 Å². The Hall–Kier alpha value is -2.49. The third-order valence-electron chi connectivity index (χ3n) is 2.99. The summed E-state index contributed by atoms with van der Waals surface area (Å²) in [5.74, 6) is -1.32. The monoisotopic (exact) mass is 274 g/mol. The molecule has 0 fully saturated rings. The molecule has 0 aliphatic rings. The summed E-state index contributed by atoms with van der Waals surface area (Å²) in [5.41, 5.74) is 1.20. The van der Waals surface area contributed by atoms with Crippen LogP contribution in [0.15, 0.2) is 59.2 Å². The first-order chi connectivity index (χ1) is 9.65. The minimum absolute atomic E-state index is 0.0318. The Morgan fingerprint density at radius 1 is 0.650 bits per heavy atom. The van der Waals surface area contributed by atoms with Crippen molar-refractivity contribution in [3.8, 4) is 22.5 Å². The average Bonchev–Trinajstić information content (AvgIpc) is 2.83. The standard InChI is InChI=1S/C16H9F3O/c17-12-5-1-10(2-6-12)14-9-20-16(15(14)19)11-3-7-13(18)8-4-11/h1-9H. The van der Waals surface area contributed by atoms with Gasteiger partial charge in [-0.05, 0) is 42.0 Å². The van der Waals surface area contributed by atoms with Crippen molar-refractivity contribution in [3.05, 3.63) is 72.2 Å². The van der Waals surface area contributed by atoms with Crippen LogP contribution in [-0.2, 0) is 0 Å². The van der Waals surface area contributed by atoms with Crippen LogP contribution in [-0.4, -0.2) is 0 Å². The molecule has 0 aliphatic heterocycles. The van der Waals surface area contributed by atoms with Crippen molar-refractivity contribution in [1.82, 2.24) is 0 Å². The highest BCUT2D eigenvalue weighted by Crippen LogP contribution is 2.33. The quantitative estimate of drug-likeness (QED) is 0.638. The minimum Gasteiger partial charge on any atom is -0.460 e. The molecule has 3 rings (SSSR count). The molecule has 0 spiro atoms. The fraction of sp³-hybridized carbons (Fsp3) is 0. The molecular weight excluding hydrogens is 265 g/mol. The van der Waals surface area contributed by atoms with Crippen molar-refractivity contribution in [1.29, 1.82) is 0 Å². The zero-order chi connectivity index (χ0) is 14.1. The van der Waals surface area contributed by atoms with Crippen LogP contribution in [0, 0.1) is 17.5 Å². The highest BCUT2D eigenvalue weighted by molar-refractivity contribution is 5.70. The van der Waals surface area contributed by atoms with Gasteiger partial charge in [-0.2, -0.15) is 0 Å². The van der Waals surface area contributed by atoms with Gasteiger partial charge in [0.15, 0.2) is 11.6 Å². The van der Waals surface area contributed by atoms with Crippen LogP contribution in [0.25, 0.3) is 22.5 Å². The van der Waals surface area contributed by atoms with Crippen molar-refractivity contribution in [2.45, 2.75) is 0 Å². The van der Waals surface area contributed by atoms with Crippen molar-refractivity contribution in [3.63, 3.8) is 0 Å². The van der Waals surface area contributed by atoms with Crippen LogP contribution in [0.2, 0.25) is 0 Å². The molecule has 3 aromatic rings. The van der Waals surface area contributed by atoms with E-state index in [1.54, 1.807) is 0 Å². The molecule has 0 unspecified atom stereocenters. The summed E-state index contributed by atoms with van der Waals surface area (Å²) < 4.78 is 45.2. The Balaban J connectivity index is 2.04. The van der Waals surface area contributed by atoms with Crippen molar-refractivity contribution in [2.75, 3.05) is 0 Å². The van der Waals surface area contributed by atoms with Crippen LogP contribution in [0.1, 0.15) is 0 Å². The molecule has 0 N–H and O–H groups in total. The molecule has 0 radical (unpaired) electrons. The van der Waals surface area contributed by atoms with Crippen LogP contribution < -0.4 is 0 Å². The summed E-state index contributed by atoms with van der Waals surface area (Å²) >= 11 is 0. The molecular formula is C16H9F3O. The predicted octanol–water partition coefficient (Wildman–Crippen LogP) is 5.03. The van der Waals surface area contributed by atoms with E-state index in [1.165, 1.54) is 54.8 Å². The van der Waals surface area contributed by atoms with Gasteiger partial charge < -0.3 is 4.42 Å². The fourth-order valence-electron chi connectivity index (χ4n) is 1.96. The maximum absolute atomic E-state index is 14.3. The molecule has 1 heterocycles. The second kappa shape index (κ2) is 4.89. The molecule has 20 heavy (non-hydrogen) atoms. The van der Waals surface area contributed by atoms with Crippen molar-refractivity contribution >= 4 is 0 Å². The summed E-state index contributed by atoms with van der Waals surface area (Å²) in [7, 11) is 0. The van der Waals surface area contributed by atoms with Crippen molar-refractivity contribution in [2.24, 2.45) is 0 Å². The van der Waals surface area contributed by atoms with Gasteiger partial charge >= 0.3 is 0 Å². The maximum Gasteiger partial charge on any atom is 0.177 e. The summed E-state index contributed by atoms with van der Waals surface area (Å²) in [6.07, 6.45) is 1.27. The molecule has 4 heteroatoms. The number of rotatable bonds is 2. The van der Waals surface area contributed by atoms with Gasteiger partial charge in [0.05, 0.1) is 5.56 Å². The zero-order valence-corrected chi connectivity index (χ0v) is 10.2. The first kappa shape index (κ1) is 12.5. The number of benzene rings is 2. The second-order valence-corrected chi connectivity index (χ2v) is 4.31. The molecule has 1 nitrogen and oxygen atoms in total. The van der Waals surface area contributed by atoms with Crippen LogP contribution in [0.5, 0.6) is 0 Å². The summed E-state index contributed by atoms with van der Waals surface area (Å²) in [5, 5.41) is 0. The zero-order valence-electron chi connectivity index (χ0n) is 10.2. The number of hydrogen-bond donors (Lipinski definition) is 0. The second-order valence-electron chi connectivity index (χ2n) is 4.31. The van der Waals surface area contributed by atoms with Gasteiger partial charge in [0.2, 0.25) is 0 Å². The SMILES string of the molecule is Fc1ccc(-c2coc(-c3ccc(F)cc3)c2F)cc1. The van der Waals surface area contributed by atoms with E-state index in [0.717, 1.165) is 0 Å². The van der Waals surface area contributed by atoms with Gasteiger partial charge in [-0.15, -0.1) is 0 Å². The lowest BCUT2D eigenvalue weighted by Gasteiger charge is -1.99. The van der Waals surface area contributed by atoms with E-state index in [1.807, 2.05) is 0 Å². The van der Waals surface area contributed by atoms with Crippen molar-refractivity contribution < 1.29 is 17.6 Å². The molecule has 0 saturated heterocycles. The first-order valence-corrected chi connectivity index (χ1v) is 5.94. The molecule has 0 saturated carbocycles. The van der Waals surface area contributed by atoms with E-state index in [2.05, 4.69) is 0 Å². The van der Waals surface area contributed by atoms with E-state index >= 15 is 0 Å². The number of furan rings is 1. The highest BCUT2D eigenvalue weighted by atomic mass is 19.1. The van der Waals surface area contributed by atoms with Crippen LogP contribution >= 0.6 is 0 Å². The Bertz CT molecular complexity index is 664. The maximum atomic E-state index is 14.3. The normalized spacial score (nSPS) is 10.8. The van der Waals surface area contributed by atoms with Gasteiger partial charge in [0.1, 0.15) is 17.9 Å². The third-order valence-corrected chi connectivity index (χ3v) is 2.99. The number of hydrogen-bond acceptors (Lipinski definition) is 1. The summed E-state index contributed by atoms with van der Waals surface area (Å²) in [4.78, 5) is 0. The Morgan fingerprint density at radius 2 is 1.15 bits per heavy atom. The summed E-state index contributed by atoms with van der Waals surface area (Å²) in [6.45, 7) is 0. The lowest BCUT2D eigenvalue weighted by Crippen LogP contribution is -1.83. The fourth-order valence-corrected chi connectivity index (χ4v) is 1.96. The highest BCUT2D eigenvalue weighted by Gasteiger charge is 2.16. The van der Waals surface area contributed by atoms with E-state index in [-0.39, 0.29) is 11.3 Å². The first-order valence-electron chi connectivity index (χ1n) is 5.94. The third kappa shape index (κ3) is 2.20. The Morgan fingerprint density at radius 3 is 1.70 bits per heavy atom. The average molecular weight is 274 g/mol. The van der Waals surface area contributed by atoms with Gasteiger partial charge in [0.25, 0.3) is 0 Å². The number of halogens is 3. The molecule has 0 bridgehead atoms. The summed E-state index contributed by atoms with van der Waals surface area (Å²) in [6, 6.07) is 10.8. The predicted molar refractivity (Wildman–Crippen MR) is 69.5 cm³/mol. The molecule has 0 amide bonds. The van der Waals surface area contributed by atoms with Crippen LogP contribution in [0.3, 0.4) is 0 Å². The molecule has 2 aromatic carbocycles. The van der Waals surface area contributed by atoms with Gasteiger partial charge in [-0.3, -0.25) is 0 Å². The van der Waals surface area contributed by atoms with E-state index in [0.29, 0.717) is 11.1 Å². The van der Waals surface area contributed by atoms with Crippen LogP contribution in [0.4, 0.5) is 13.2 Å². The minimum atomic E-state index is -0.553. The molecule has 0 atom stereocenters. The molecule has 100 valence electrons.